The third-order valence-electron chi connectivity index (χ3n) is 6.58. The molecule has 0 bridgehead atoms. The molecule has 0 spiro atoms. The third kappa shape index (κ3) is 8.24. The number of rotatable bonds is 3. The van der Waals surface area contributed by atoms with Crippen molar-refractivity contribution < 1.29 is 84.7 Å². The Morgan fingerprint density at radius 1 is 0.347 bits per heavy atom. The molecule has 0 amide bonds. The fourth-order valence-corrected chi connectivity index (χ4v) is 6.59. The van der Waals surface area contributed by atoms with Gasteiger partial charge in [0.1, 0.15) is 30.4 Å². The summed E-state index contributed by atoms with van der Waals surface area (Å²) in [4.78, 5) is 65.8. The molecule has 1 radical (unpaired) electrons. The number of hydrogen-bond donors (Lipinski definition) is 0. The molecular weight excluding hydrogens is 752 g/mol. The van der Waals surface area contributed by atoms with Crippen LogP contribution in [0.4, 0.5) is 0 Å². The van der Waals surface area contributed by atoms with Gasteiger partial charge in [-0.1, -0.05) is 72.8 Å². The average molecular weight is 767 g/mol. The molecule has 0 N–H and O–H groups in total. The molecule has 0 atom stereocenters. The van der Waals surface area contributed by atoms with Gasteiger partial charge < -0.3 is 13.7 Å². The van der Waals surface area contributed by atoms with Gasteiger partial charge in [0.2, 0.25) is 34.7 Å². The van der Waals surface area contributed by atoms with E-state index in [2.05, 4.69) is 0 Å². The van der Waals surface area contributed by atoms with Gasteiger partial charge in [-0.05, 0) is 0 Å². The van der Waals surface area contributed by atoms with E-state index in [4.69, 9.17) is 0 Å². The van der Waals surface area contributed by atoms with Crippen molar-refractivity contribution in [2.45, 2.75) is 0 Å². The maximum atomic E-state index is 11.4. The maximum absolute atomic E-state index is 11.4. The van der Waals surface area contributed by atoms with Gasteiger partial charge in [0.25, 0.3) is 0 Å². The average Bonchev–Trinajstić information content (AvgIpc) is 3.01. The Labute approximate surface area is 287 Å². The second-order valence-electron chi connectivity index (χ2n) is 9.61. The summed E-state index contributed by atoms with van der Waals surface area (Å²) in [6.45, 7) is 0. The van der Waals surface area contributed by atoms with Gasteiger partial charge in [0.15, 0.2) is 0 Å². The number of hydrogen-bond acceptors (Lipinski definition) is 15. The molecule has 3 aliphatic carbocycles. The quantitative estimate of drug-likeness (QED) is 0.204. The molecule has 0 aromatic heterocycles. The van der Waals surface area contributed by atoms with E-state index in [0.29, 0.717) is 18.2 Å². The molecule has 6 rings (SSSR count). The zero-order valence-electron chi connectivity index (χ0n) is 23.9. The van der Waals surface area contributed by atoms with Crippen LogP contribution in [0.15, 0.2) is 91.0 Å². The largest absolute Gasteiger partial charge is 3.00 e. The van der Waals surface area contributed by atoms with Gasteiger partial charge in [0, 0.05) is 51.6 Å². The van der Waals surface area contributed by atoms with Gasteiger partial charge in [0.05, 0.1) is 14.7 Å². The number of carbonyl (C=O) groups is 6. The number of Topliss-reactive ketones (excluding diaryl/α,β-unsaturated/α-hetero) is 3. The van der Waals surface area contributed by atoms with E-state index in [0.717, 1.165) is 0 Å². The molecule has 0 saturated carbocycles. The molecule has 0 unspecified atom stereocenters. The van der Waals surface area contributed by atoms with Crippen LogP contribution in [0.5, 0.6) is 0 Å². The molecule has 15 nitrogen and oxygen atoms in total. The number of benzene rings is 3. The maximum Gasteiger partial charge on any atom is 3.00 e. The standard InChI is InChI=1S/3C10H6O5S.Fe/c3*11-8-5-9(16(13,14)15)6-3-1-2-4-7(6)10(8)12;/h3*1-5H,(H,13,14,15);/q;;;+3/p-3. The van der Waals surface area contributed by atoms with Crippen molar-refractivity contribution in [2.24, 2.45) is 0 Å². The summed E-state index contributed by atoms with van der Waals surface area (Å²) in [6, 6.07) is 16.8. The van der Waals surface area contributed by atoms with Crippen LogP contribution in [0.3, 0.4) is 0 Å². The SMILES string of the molecule is O=C1C=C(S(=O)(=O)[O-])c2ccccc2C1=O.O=C1C=C(S(=O)(=O)[O-])c2ccccc2C1=O.O=C1C=C(S(=O)(=O)[O-])c2ccccc2C1=O.[Fe+3]. The number of ketones is 6. The first kappa shape index (κ1) is 38.6. The van der Waals surface area contributed by atoms with E-state index < -0.39 is 79.8 Å². The van der Waals surface area contributed by atoms with E-state index >= 15 is 0 Å². The van der Waals surface area contributed by atoms with Crippen molar-refractivity contribution in [3.8, 4) is 0 Å². The minimum Gasteiger partial charge on any atom is -0.744 e. The van der Waals surface area contributed by atoms with Gasteiger partial charge in [-0.2, -0.15) is 0 Å². The Balaban J connectivity index is 0.000000197. The topological polar surface area (TPSA) is 274 Å². The Bertz CT molecular complexity index is 2150. The minimum atomic E-state index is -4.76. The molecule has 3 aromatic carbocycles. The first-order valence-corrected chi connectivity index (χ1v) is 17.0. The molecule has 3 aliphatic rings. The molecular formula is C30H15FeO15S3. The number of fused-ring (bicyclic) bond motifs is 3. The van der Waals surface area contributed by atoms with Gasteiger partial charge in [-0.3, -0.25) is 28.8 Å². The molecule has 19 heteroatoms. The van der Waals surface area contributed by atoms with E-state index in [1.54, 1.807) is 0 Å². The summed E-state index contributed by atoms with van der Waals surface area (Å²) in [6.07, 6.45) is 1.73. The Morgan fingerprint density at radius 2 is 0.531 bits per heavy atom. The van der Waals surface area contributed by atoms with Crippen LogP contribution in [-0.4, -0.2) is 73.6 Å². The van der Waals surface area contributed by atoms with Crippen LogP contribution < -0.4 is 0 Å². The third-order valence-corrected chi connectivity index (χ3v) is 9.21. The summed E-state index contributed by atoms with van der Waals surface area (Å²) < 4.78 is 98.2. The Morgan fingerprint density at radius 3 is 0.714 bits per heavy atom. The zero-order chi connectivity index (χ0) is 35.8. The van der Waals surface area contributed by atoms with Crippen molar-refractivity contribution in [1.82, 2.24) is 0 Å². The van der Waals surface area contributed by atoms with Gasteiger partial charge in [-0.25, -0.2) is 25.3 Å². The predicted molar refractivity (Wildman–Crippen MR) is 160 cm³/mol. The Hall–Kier alpha value is -4.85. The molecule has 3 aromatic rings. The van der Waals surface area contributed by atoms with Crippen molar-refractivity contribution in [3.63, 3.8) is 0 Å². The first-order valence-electron chi connectivity index (χ1n) is 12.8. The molecule has 251 valence electrons. The Kier molecular flexibility index (Phi) is 11.3. The molecule has 0 heterocycles. The van der Waals surface area contributed by atoms with Crippen LogP contribution in [-0.2, 0) is 61.8 Å². The fourth-order valence-electron chi connectivity index (χ4n) is 4.49. The molecule has 0 aliphatic heterocycles. The van der Waals surface area contributed by atoms with E-state index in [-0.39, 0.29) is 50.4 Å². The summed E-state index contributed by atoms with van der Waals surface area (Å²) in [5.74, 6) is -5.39. The van der Waals surface area contributed by atoms with Crippen molar-refractivity contribution in [2.75, 3.05) is 0 Å². The normalized spacial score (nSPS) is 15.4. The smallest absolute Gasteiger partial charge is 0.744 e. The predicted octanol–water partition coefficient (Wildman–Crippen LogP) is 1.01. The van der Waals surface area contributed by atoms with Gasteiger partial charge in [-0.15, -0.1) is 0 Å². The van der Waals surface area contributed by atoms with Crippen LogP contribution in [0.1, 0.15) is 47.8 Å². The molecule has 49 heavy (non-hydrogen) atoms. The summed E-state index contributed by atoms with van der Waals surface area (Å²) >= 11 is 0. The molecule has 0 saturated heterocycles. The van der Waals surface area contributed by atoms with Gasteiger partial charge >= 0.3 is 17.1 Å². The second kappa shape index (κ2) is 14.3. The second-order valence-corrected chi connectivity index (χ2v) is 13.6. The first-order chi connectivity index (χ1) is 22.2. The van der Waals surface area contributed by atoms with Crippen LogP contribution in [0.25, 0.3) is 14.7 Å². The van der Waals surface area contributed by atoms with Crippen molar-refractivity contribution >= 4 is 79.8 Å². The van der Waals surface area contributed by atoms with E-state index in [9.17, 15) is 67.7 Å². The number of carbonyl (C=O) groups excluding carboxylic acids is 6. The summed E-state index contributed by atoms with van der Waals surface area (Å²) in [5, 5.41) is 0. The minimum absolute atomic E-state index is 0. The molecule has 0 fully saturated rings. The van der Waals surface area contributed by atoms with E-state index in [1.165, 1.54) is 72.8 Å². The number of allylic oxidation sites excluding steroid dienone is 3. The van der Waals surface area contributed by atoms with Crippen molar-refractivity contribution in [1.29, 1.82) is 0 Å². The van der Waals surface area contributed by atoms with E-state index in [1.807, 2.05) is 0 Å². The zero-order valence-corrected chi connectivity index (χ0v) is 27.4. The fraction of sp³-hybridized carbons (Fsp3) is 0. The van der Waals surface area contributed by atoms with Crippen LogP contribution in [0, 0.1) is 0 Å². The monoisotopic (exact) mass is 767 g/mol. The summed E-state index contributed by atoms with van der Waals surface area (Å²) in [5.41, 5.74) is -0.190. The van der Waals surface area contributed by atoms with Crippen molar-refractivity contribution in [3.05, 3.63) is 124 Å². The van der Waals surface area contributed by atoms with Crippen LogP contribution >= 0.6 is 0 Å². The summed E-state index contributed by atoms with van der Waals surface area (Å²) in [7, 11) is -14.3. The van der Waals surface area contributed by atoms with Crippen LogP contribution in [0.2, 0.25) is 0 Å².